The van der Waals surface area contributed by atoms with Crippen molar-refractivity contribution in [3.05, 3.63) is 82.8 Å². The van der Waals surface area contributed by atoms with E-state index in [0.717, 1.165) is 11.1 Å². The quantitative estimate of drug-likeness (QED) is 0.318. The maximum atomic E-state index is 13.6. The van der Waals surface area contributed by atoms with Crippen LogP contribution in [0.1, 0.15) is 30.5 Å². The Kier molecular flexibility index (Phi) is 6.77. The van der Waals surface area contributed by atoms with E-state index in [1.54, 1.807) is 18.3 Å². The van der Waals surface area contributed by atoms with E-state index >= 15 is 0 Å². The molecule has 0 unspecified atom stereocenters. The summed E-state index contributed by atoms with van der Waals surface area (Å²) < 4.78 is 15.5. The van der Waals surface area contributed by atoms with Crippen LogP contribution in [-0.2, 0) is 10.5 Å². The molecule has 2 aromatic carbocycles. The number of nitrogens with zero attached hydrogens (tertiary/aromatic N) is 3. The highest BCUT2D eigenvalue weighted by atomic mass is 35.5. The zero-order valence-electron chi connectivity index (χ0n) is 17.7. The molecule has 0 fully saturated rings. The fraction of sp³-hybridized carbons (Fsp3) is 0.208. The lowest BCUT2D eigenvalue weighted by Gasteiger charge is -2.19. The second-order valence-electron chi connectivity index (χ2n) is 7.41. The molecule has 2 aromatic heterocycles. The normalized spacial score (nSPS) is 12.1. The van der Waals surface area contributed by atoms with Crippen molar-refractivity contribution in [3.8, 4) is 0 Å². The van der Waals surface area contributed by atoms with Crippen LogP contribution in [0.2, 0.25) is 5.02 Å². The van der Waals surface area contributed by atoms with Crippen molar-refractivity contribution in [2.75, 3.05) is 5.32 Å². The third-order valence-corrected chi connectivity index (χ3v) is 6.54. The van der Waals surface area contributed by atoms with Crippen LogP contribution < -0.4 is 5.32 Å². The van der Waals surface area contributed by atoms with E-state index in [2.05, 4.69) is 10.3 Å². The molecule has 0 spiro atoms. The highest BCUT2D eigenvalue weighted by Gasteiger charge is 2.25. The summed E-state index contributed by atoms with van der Waals surface area (Å²) in [6, 6.07) is 15.1. The standard InChI is InChI=1S/C24H22ClFN4OS/c1-3-21(23(31)28-18-10-9-15(2)19(25)13-18)30-22-20(8-5-11-27-22)29-24(30)32-14-16-6-4-7-17(26)12-16/h4-13,21H,3,14H2,1-2H3,(H,28,31)/t21-/m0/s1. The molecule has 164 valence electrons. The van der Waals surface area contributed by atoms with Gasteiger partial charge in [-0.3, -0.25) is 9.36 Å². The third-order valence-electron chi connectivity index (χ3n) is 5.11. The number of anilines is 1. The predicted molar refractivity (Wildman–Crippen MR) is 128 cm³/mol. The molecule has 4 aromatic rings. The zero-order valence-corrected chi connectivity index (χ0v) is 19.3. The van der Waals surface area contributed by atoms with Crippen LogP contribution in [0.25, 0.3) is 11.2 Å². The molecule has 8 heteroatoms. The number of rotatable bonds is 7. The van der Waals surface area contributed by atoms with Crippen molar-refractivity contribution in [1.82, 2.24) is 14.5 Å². The van der Waals surface area contributed by atoms with Crippen LogP contribution in [-0.4, -0.2) is 20.4 Å². The first kappa shape index (κ1) is 22.3. The largest absolute Gasteiger partial charge is 0.324 e. The summed E-state index contributed by atoms with van der Waals surface area (Å²) >= 11 is 7.67. The second kappa shape index (κ2) is 9.71. The molecule has 1 atom stereocenters. The molecule has 1 N–H and O–H groups in total. The smallest absolute Gasteiger partial charge is 0.247 e. The topological polar surface area (TPSA) is 59.8 Å². The Balaban J connectivity index is 1.66. The van der Waals surface area contributed by atoms with Crippen LogP contribution in [0.3, 0.4) is 0 Å². The first-order valence-corrected chi connectivity index (χ1v) is 11.6. The molecule has 4 rings (SSSR count). The van der Waals surface area contributed by atoms with Crippen molar-refractivity contribution in [2.45, 2.75) is 37.2 Å². The average Bonchev–Trinajstić information content (AvgIpc) is 3.14. The molecular weight excluding hydrogens is 447 g/mol. The number of pyridine rings is 1. The second-order valence-corrected chi connectivity index (χ2v) is 8.76. The summed E-state index contributed by atoms with van der Waals surface area (Å²) in [5.74, 6) is 0.0676. The van der Waals surface area contributed by atoms with Crippen molar-refractivity contribution in [2.24, 2.45) is 0 Å². The molecule has 2 heterocycles. The van der Waals surface area contributed by atoms with E-state index in [9.17, 15) is 9.18 Å². The summed E-state index contributed by atoms with van der Waals surface area (Å²) in [5.41, 5.74) is 3.76. The Labute approximate surface area is 195 Å². The fourth-order valence-corrected chi connectivity index (χ4v) is 4.62. The van der Waals surface area contributed by atoms with E-state index in [4.69, 9.17) is 16.6 Å². The van der Waals surface area contributed by atoms with Gasteiger partial charge in [0.2, 0.25) is 5.91 Å². The lowest BCUT2D eigenvalue weighted by Crippen LogP contribution is -2.26. The zero-order chi connectivity index (χ0) is 22.7. The number of nitrogens with one attached hydrogen (secondary N) is 1. The summed E-state index contributed by atoms with van der Waals surface area (Å²) in [5, 5.41) is 4.22. The van der Waals surface area contributed by atoms with Gasteiger partial charge in [0.1, 0.15) is 17.4 Å². The minimum atomic E-state index is -0.523. The fourth-order valence-electron chi connectivity index (χ4n) is 3.45. The van der Waals surface area contributed by atoms with E-state index in [1.807, 2.05) is 48.7 Å². The maximum absolute atomic E-state index is 13.6. The van der Waals surface area contributed by atoms with Gasteiger partial charge in [0.15, 0.2) is 10.8 Å². The predicted octanol–water partition coefficient (Wildman–Crippen LogP) is 6.41. The molecular formula is C24H22ClFN4OS. The first-order chi connectivity index (χ1) is 15.5. The van der Waals surface area contributed by atoms with Crippen LogP contribution in [0, 0.1) is 12.7 Å². The Bertz CT molecular complexity index is 1280. The molecule has 0 saturated heterocycles. The van der Waals surface area contributed by atoms with Crippen LogP contribution >= 0.6 is 23.4 Å². The number of thioether (sulfide) groups is 1. The van der Waals surface area contributed by atoms with Crippen molar-refractivity contribution in [3.63, 3.8) is 0 Å². The minimum absolute atomic E-state index is 0.176. The number of imidazole rings is 1. The van der Waals surface area contributed by atoms with Crippen LogP contribution in [0.5, 0.6) is 0 Å². The number of halogens is 2. The van der Waals surface area contributed by atoms with E-state index in [-0.39, 0.29) is 11.7 Å². The van der Waals surface area contributed by atoms with Gasteiger partial charge in [-0.2, -0.15) is 0 Å². The van der Waals surface area contributed by atoms with E-state index in [0.29, 0.717) is 39.2 Å². The van der Waals surface area contributed by atoms with Crippen molar-refractivity contribution in [1.29, 1.82) is 0 Å². The van der Waals surface area contributed by atoms with Gasteiger partial charge in [-0.25, -0.2) is 14.4 Å². The summed E-state index contributed by atoms with van der Waals surface area (Å²) in [4.78, 5) is 22.4. The lowest BCUT2D eigenvalue weighted by atomic mass is 10.2. The molecule has 0 bridgehead atoms. The Morgan fingerprint density at radius 2 is 2.06 bits per heavy atom. The van der Waals surface area contributed by atoms with E-state index in [1.165, 1.54) is 23.9 Å². The molecule has 0 radical (unpaired) electrons. The Hall–Kier alpha value is -2.90. The summed E-state index contributed by atoms with van der Waals surface area (Å²) in [7, 11) is 0. The third kappa shape index (κ3) is 4.79. The van der Waals surface area contributed by atoms with Gasteiger partial charge < -0.3 is 5.32 Å². The van der Waals surface area contributed by atoms with Crippen LogP contribution in [0.15, 0.2) is 66.0 Å². The van der Waals surface area contributed by atoms with Gasteiger partial charge in [0, 0.05) is 22.7 Å². The number of carbonyl (C=O) groups excluding carboxylic acids is 1. The Morgan fingerprint density at radius 3 is 2.81 bits per heavy atom. The molecule has 32 heavy (non-hydrogen) atoms. The van der Waals surface area contributed by atoms with Gasteiger partial charge in [-0.15, -0.1) is 0 Å². The van der Waals surface area contributed by atoms with Gasteiger partial charge in [0.25, 0.3) is 0 Å². The summed E-state index contributed by atoms with van der Waals surface area (Å²) in [6.45, 7) is 3.86. The maximum Gasteiger partial charge on any atom is 0.247 e. The van der Waals surface area contributed by atoms with Crippen LogP contribution in [0.4, 0.5) is 10.1 Å². The highest BCUT2D eigenvalue weighted by molar-refractivity contribution is 7.98. The lowest BCUT2D eigenvalue weighted by molar-refractivity contribution is -0.119. The molecule has 0 aliphatic carbocycles. The number of amides is 1. The highest BCUT2D eigenvalue weighted by Crippen LogP contribution is 2.31. The monoisotopic (exact) mass is 468 g/mol. The molecule has 0 aliphatic rings. The van der Waals surface area contributed by atoms with Crippen molar-refractivity contribution >= 4 is 46.1 Å². The Morgan fingerprint density at radius 1 is 1.22 bits per heavy atom. The number of hydrogen-bond donors (Lipinski definition) is 1. The number of aryl methyl sites for hydroxylation is 1. The van der Waals surface area contributed by atoms with Crippen molar-refractivity contribution < 1.29 is 9.18 Å². The van der Waals surface area contributed by atoms with Gasteiger partial charge in [0.05, 0.1) is 0 Å². The first-order valence-electron chi connectivity index (χ1n) is 10.2. The number of aromatic nitrogens is 3. The molecule has 1 amide bonds. The number of benzene rings is 2. The SMILES string of the molecule is CC[C@@H](C(=O)Nc1ccc(C)c(Cl)c1)n1c(SCc2cccc(F)c2)nc2cccnc21. The molecule has 5 nitrogen and oxygen atoms in total. The van der Waals surface area contributed by atoms with Gasteiger partial charge >= 0.3 is 0 Å². The molecule has 0 saturated carbocycles. The molecule has 0 aliphatic heterocycles. The van der Waals surface area contributed by atoms with Gasteiger partial charge in [-0.05, 0) is 60.9 Å². The number of carbonyl (C=O) groups is 1. The summed E-state index contributed by atoms with van der Waals surface area (Å²) in [6.07, 6.45) is 2.23. The average molecular weight is 469 g/mol. The van der Waals surface area contributed by atoms with E-state index < -0.39 is 6.04 Å². The van der Waals surface area contributed by atoms with Gasteiger partial charge in [-0.1, -0.05) is 48.5 Å². The number of fused-ring (bicyclic) bond motifs is 1. The minimum Gasteiger partial charge on any atom is -0.324 e. The number of hydrogen-bond acceptors (Lipinski definition) is 4.